The summed E-state index contributed by atoms with van der Waals surface area (Å²) in [5.74, 6) is -0.955. The lowest BCUT2D eigenvalue weighted by Crippen LogP contribution is -2.50. The predicted molar refractivity (Wildman–Crippen MR) is 107 cm³/mol. The normalized spacial score (nSPS) is 16.3. The Morgan fingerprint density at radius 1 is 1.06 bits per heavy atom. The van der Waals surface area contributed by atoms with Crippen molar-refractivity contribution in [2.24, 2.45) is 0 Å². The van der Waals surface area contributed by atoms with Crippen LogP contribution >= 0.6 is 11.6 Å². The molecule has 1 fully saturated rings. The predicted octanol–water partition coefficient (Wildman–Crippen LogP) is 3.44. The summed E-state index contributed by atoms with van der Waals surface area (Å²) in [6, 6.07) is 7.14. The molecule has 0 bridgehead atoms. The highest BCUT2D eigenvalue weighted by Crippen LogP contribution is 2.31. The minimum Gasteiger partial charge on any atom is -0.324 e. The molecule has 0 saturated carbocycles. The third-order valence-corrected chi connectivity index (χ3v) is 6.91. The number of hydrogen-bond acceptors (Lipinski definition) is 4. The Morgan fingerprint density at radius 3 is 2.35 bits per heavy atom. The van der Waals surface area contributed by atoms with Crippen LogP contribution in [0.15, 0.2) is 47.4 Å². The van der Waals surface area contributed by atoms with Crippen LogP contribution in [0.1, 0.15) is 5.56 Å². The number of sulfonamides is 1. The molecule has 3 rings (SSSR count). The number of hydrogen-bond donors (Lipinski definition) is 1. The average Bonchev–Trinajstić information content (AvgIpc) is 2.70. The molecule has 168 valence electrons. The first-order valence-corrected chi connectivity index (χ1v) is 10.9. The van der Waals surface area contributed by atoms with Crippen molar-refractivity contribution in [2.75, 3.05) is 38.0 Å². The second-order valence-corrected chi connectivity index (χ2v) is 9.22. The van der Waals surface area contributed by atoms with Crippen LogP contribution in [0, 0.1) is 5.82 Å². The van der Waals surface area contributed by atoms with Crippen molar-refractivity contribution in [3.63, 3.8) is 0 Å². The van der Waals surface area contributed by atoms with Gasteiger partial charge in [0, 0.05) is 26.2 Å². The Kier molecular flexibility index (Phi) is 6.89. The molecule has 1 amide bonds. The van der Waals surface area contributed by atoms with E-state index in [1.165, 1.54) is 6.07 Å². The first-order valence-electron chi connectivity index (χ1n) is 9.11. The summed E-state index contributed by atoms with van der Waals surface area (Å²) in [5.41, 5.74) is -0.790. The van der Waals surface area contributed by atoms with E-state index in [4.69, 9.17) is 11.6 Å². The van der Waals surface area contributed by atoms with Crippen LogP contribution < -0.4 is 5.32 Å². The molecule has 0 unspecified atom stereocenters. The standard InChI is InChI=1S/C19H18ClF4N3O3S/c20-16-11-14(21)4-5-17(16)25-18(28)12-26-6-8-27(9-7-26)31(29,30)15-3-1-2-13(10-15)19(22,23)24/h1-5,10-11H,6-9,12H2,(H,25,28). The van der Waals surface area contributed by atoms with E-state index in [9.17, 15) is 30.8 Å². The lowest BCUT2D eigenvalue weighted by atomic mass is 10.2. The lowest BCUT2D eigenvalue weighted by molar-refractivity contribution is -0.137. The van der Waals surface area contributed by atoms with E-state index in [0.717, 1.165) is 34.6 Å². The molecule has 6 nitrogen and oxygen atoms in total. The van der Waals surface area contributed by atoms with Gasteiger partial charge in [-0.2, -0.15) is 17.5 Å². The fourth-order valence-corrected chi connectivity index (χ4v) is 4.78. The lowest BCUT2D eigenvalue weighted by Gasteiger charge is -2.33. The molecule has 2 aromatic rings. The molecule has 1 N–H and O–H groups in total. The fourth-order valence-electron chi connectivity index (χ4n) is 3.09. The van der Waals surface area contributed by atoms with Crippen molar-refractivity contribution in [2.45, 2.75) is 11.1 Å². The van der Waals surface area contributed by atoms with E-state index >= 15 is 0 Å². The SMILES string of the molecule is O=C(CN1CCN(S(=O)(=O)c2cccc(C(F)(F)F)c2)CC1)Nc1ccc(F)cc1Cl. The molecular formula is C19H18ClF4N3O3S. The van der Waals surface area contributed by atoms with E-state index in [0.29, 0.717) is 6.07 Å². The van der Waals surface area contributed by atoms with Gasteiger partial charge in [-0.1, -0.05) is 17.7 Å². The first-order chi connectivity index (χ1) is 14.5. The van der Waals surface area contributed by atoms with E-state index < -0.39 is 38.4 Å². The Bertz CT molecular complexity index is 1070. The van der Waals surface area contributed by atoms with Gasteiger partial charge in [-0.15, -0.1) is 0 Å². The zero-order valence-electron chi connectivity index (χ0n) is 16.0. The highest BCUT2D eigenvalue weighted by Gasteiger charge is 2.34. The van der Waals surface area contributed by atoms with Gasteiger partial charge < -0.3 is 5.32 Å². The number of halogens is 5. The van der Waals surface area contributed by atoms with E-state index in [1.807, 2.05) is 0 Å². The number of carbonyl (C=O) groups is 1. The molecule has 0 aromatic heterocycles. The number of alkyl halides is 3. The van der Waals surface area contributed by atoms with Crippen molar-refractivity contribution in [3.8, 4) is 0 Å². The number of nitrogens with one attached hydrogen (secondary N) is 1. The van der Waals surface area contributed by atoms with E-state index in [2.05, 4.69) is 5.32 Å². The molecule has 1 aliphatic heterocycles. The van der Waals surface area contributed by atoms with Crippen LogP contribution in [-0.4, -0.2) is 56.3 Å². The summed E-state index contributed by atoms with van der Waals surface area (Å²) in [7, 11) is -4.10. The van der Waals surface area contributed by atoms with Crippen molar-refractivity contribution < 1.29 is 30.8 Å². The summed E-state index contributed by atoms with van der Waals surface area (Å²) < 4.78 is 78.3. The number of anilines is 1. The van der Waals surface area contributed by atoms with Gasteiger partial charge in [0.15, 0.2) is 0 Å². The Labute approximate surface area is 181 Å². The summed E-state index contributed by atoms with van der Waals surface area (Å²) in [6.45, 7) is 0.406. The van der Waals surface area contributed by atoms with Gasteiger partial charge in [0.25, 0.3) is 0 Å². The molecular weight excluding hydrogens is 462 g/mol. The third-order valence-electron chi connectivity index (χ3n) is 4.70. The van der Waals surface area contributed by atoms with Gasteiger partial charge in [0.2, 0.25) is 15.9 Å². The Morgan fingerprint density at radius 2 is 1.74 bits per heavy atom. The van der Waals surface area contributed by atoms with Crippen LogP contribution in [0.25, 0.3) is 0 Å². The Hall–Kier alpha value is -2.21. The molecule has 0 radical (unpaired) electrons. The van der Waals surface area contributed by atoms with E-state index in [-0.39, 0.29) is 43.4 Å². The molecule has 2 aromatic carbocycles. The number of piperazine rings is 1. The second kappa shape index (κ2) is 9.11. The molecule has 31 heavy (non-hydrogen) atoms. The average molecular weight is 480 g/mol. The van der Waals surface area contributed by atoms with Crippen LogP contribution in [0.4, 0.5) is 23.2 Å². The third kappa shape index (κ3) is 5.73. The summed E-state index contributed by atoms with van der Waals surface area (Å²) in [4.78, 5) is 13.5. The number of amides is 1. The monoisotopic (exact) mass is 479 g/mol. The maximum Gasteiger partial charge on any atom is 0.416 e. The fraction of sp³-hybridized carbons (Fsp3) is 0.316. The maximum absolute atomic E-state index is 13.1. The van der Waals surface area contributed by atoms with Crippen LogP contribution in [-0.2, 0) is 21.0 Å². The molecule has 1 saturated heterocycles. The van der Waals surface area contributed by atoms with Crippen LogP contribution in [0.2, 0.25) is 5.02 Å². The number of rotatable bonds is 5. The van der Waals surface area contributed by atoms with Crippen molar-refractivity contribution in [1.29, 1.82) is 0 Å². The summed E-state index contributed by atoms with van der Waals surface area (Å²) >= 11 is 5.87. The topological polar surface area (TPSA) is 69.7 Å². The minimum atomic E-state index is -4.65. The molecule has 12 heteroatoms. The van der Waals surface area contributed by atoms with E-state index in [1.54, 1.807) is 4.90 Å². The van der Waals surface area contributed by atoms with Crippen molar-refractivity contribution in [3.05, 3.63) is 58.9 Å². The van der Waals surface area contributed by atoms with Gasteiger partial charge in [0.05, 0.1) is 27.7 Å². The first kappa shape index (κ1) is 23.5. The largest absolute Gasteiger partial charge is 0.416 e. The molecule has 1 heterocycles. The number of carbonyl (C=O) groups excluding carboxylic acids is 1. The minimum absolute atomic E-state index is 0.0170. The summed E-state index contributed by atoms with van der Waals surface area (Å²) in [5, 5.41) is 2.60. The van der Waals surface area contributed by atoms with Gasteiger partial charge in [-0.05, 0) is 36.4 Å². The van der Waals surface area contributed by atoms with Gasteiger partial charge in [-0.25, -0.2) is 12.8 Å². The number of benzene rings is 2. The van der Waals surface area contributed by atoms with Gasteiger partial charge in [0.1, 0.15) is 5.82 Å². The molecule has 0 spiro atoms. The number of nitrogens with zero attached hydrogens (tertiary/aromatic N) is 2. The van der Waals surface area contributed by atoms with Gasteiger partial charge in [-0.3, -0.25) is 9.69 Å². The zero-order chi connectivity index (χ0) is 22.8. The van der Waals surface area contributed by atoms with Gasteiger partial charge >= 0.3 is 6.18 Å². The van der Waals surface area contributed by atoms with Crippen LogP contribution in [0.3, 0.4) is 0 Å². The zero-order valence-corrected chi connectivity index (χ0v) is 17.6. The molecule has 1 aliphatic rings. The van der Waals surface area contributed by atoms with Crippen molar-refractivity contribution >= 4 is 33.2 Å². The molecule has 0 atom stereocenters. The quantitative estimate of drug-likeness (QED) is 0.667. The van der Waals surface area contributed by atoms with Crippen LogP contribution in [0.5, 0.6) is 0 Å². The second-order valence-electron chi connectivity index (χ2n) is 6.88. The van der Waals surface area contributed by atoms with Crippen molar-refractivity contribution in [1.82, 2.24) is 9.21 Å². The highest BCUT2D eigenvalue weighted by atomic mass is 35.5. The Balaban J connectivity index is 1.59. The maximum atomic E-state index is 13.1. The summed E-state index contributed by atoms with van der Waals surface area (Å²) in [6.07, 6.45) is -4.65. The highest BCUT2D eigenvalue weighted by molar-refractivity contribution is 7.89. The smallest absolute Gasteiger partial charge is 0.324 e. The molecule has 0 aliphatic carbocycles.